The molecule has 0 atom stereocenters. The van der Waals surface area contributed by atoms with Gasteiger partial charge in [0.15, 0.2) is 0 Å². The van der Waals surface area contributed by atoms with E-state index in [4.69, 9.17) is 44.1 Å². The van der Waals surface area contributed by atoms with Crippen molar-refractivity contribution in [1.82, 2.24) is 5.16 Å². The minimum Gasteiger partial charge on any atom is -0.489 e. The monoisotopic (exact) mass is 553 g/mol. The lowest BCUT2D eigenvalue weighted by atomic mass is 9.65. The van der Waals surface area contributed by atoms with E-state index in [2.05, 4.69) is 36.3 Å². The zero-order valence-electron chi connectivity index (χ0n) is 20.3. The van der Waals surface area contributed by atoms with Crippen LogP contribution in [0.15, 0.2) is 65.2 Å². The van der Waals surface area contributed by atoms with Crippen molar-refractivity contribution in [2.75, 3.05) is 0 Å². The molecule has 4 nitrogen and oxygen atoms in total. The Morgan fingerprint density at radius 3 is 2.30 bits per heavy atom. The predicted molar refractivity (Wildman–Crippen MR) is 147 cm³/mol. The quantitative estimate of drug-likeness (QED) is 0.248. The van der Waals surface area contributed by atoms with Gasteiger partial charge in [0, 0.05) is 17.0 Å². The van der Waals surface area contributed by atoms with Crippen molar-refractivity contribution in [2.45, 2.75) is 56.7 Å². The topological polar surface area (TPSA) is 55.5 Å². The number of hydrogen-bond donors (Lipinski definition) is 1. The second kappa shape index (κ2) is 9.67. The van der Waals surface area contributed by atoms with Gasteiger partial charge in [-0.3, -0.25) is 0 Å². The van der Waals surface area contributed by atoms with Gasteiger partial charge in [0.05, 0.1) is 26.2 Å². The number of aliphatic hydroxyl groups is 1. The van der Waals surface area contributed by atoms with Crippen molar-refractivity contribution in [3.05, 3.63) is 104 Å². The lowest BCUT2D eigenvalue weighted by Crippen LogP contribution is -2.40. The first-order chi connectivity index (χ1) is 17.8. The van der Waals surface area contributed by atoms with E-state index < -0.39 is 5.60 Å². The van der Waals surface area contributed by atoms with Crippen LogP contribution in [0, 0.1) is 6.92 Å². The molecule has 190 valence electrons. The maximum absolute atomic E-state index is 11.3. The highest BCUT2D eigenvalue weighted by Gasteiger charge is 2.45. The lowest BCUT2D eigenvalue weighted by Gasteiger charge is -2.44. The lowest BCUT2D eigenvalue weighted by molar-refractivity contribution is -0.0549. The van der Waals surface area contributed by atoms with Crippen molar-refractivity contribution < 1.29 is 14.4 Å². The molecule has 0 aliphatic heterocycles. The standard InChI is InChI=1S/C30H26Cl3NO3/c1-17-5-7-18(8-6-17)20-14-30(35,15-20)23-12-11-21(13-26(23)33)36-16-22-28(34-37-29(22)19-9-10-19)27-24(31)3-2-4-25(27)32/h2-8,11-13,19-20,35H,9-10,14-16H2,1H3. The SMILES string of the molecule is Cc1ccc(C2CC(O)(c3ccc(OCc4c(-c5c(Cl)cccc5Cl)noc4C4CC4)cc3Cl)C2)cc1. The van der Waals surface area contributed by atoms with Crippen molar-refractivity contribution in [3.8, 4) is 17.0 Å². The Balaban J connectivity index is 1.20. The number of hydrogen-bond acceptors (Lipinski definition) is 4. The average Bonchev–Trinajstić information content (AvgIpc) is 3.62. The van der Waals surface area contributed by atoms with Gasteiger partial charge in [-0.2, -0.15) is 0 Å². The first-order valence-corrected chi connectivity index (χ1v) is 13.6. The Labute approximate surface area is 231 Å². The van der Waals surface area contributed by atoms with E-state index in [1.807, 2.05) is 12.1 Å². The van der Waals surface area contributed by atoms with Gasteiger partial charge in [-0.05, 0) is 68.4 Å². The van der Waals surface area contributed by atoms with E-state index in [9.17, 15) is 5.11 Å². The van der Waals surface area contributed by atoms with E-state index in [0.717, 1.165) is 29.7 Å². The Hall–Kier alpha value is -2.50. The summed E-state index contributed by atoms with van der Waals surface area (Å²) in [6.07, 6.45) is 3.40. The summed E-state index contributed by atoms with van der Waals surface area (Å²) in [5.74, 6) is 2.08. The smallest absolute Gasteiger partial charge is 0.147 e. The summed E-state index contributed by atoms with van der Waals surface area (Å²) < 4.78 is 11.9. The molecular formula is C30H26Cl3NO3. The molecule has 0 bridgehead atoms. The van der Waals surface area contributed by atoms with Crippen LogP contribution in [-0.2, 0) is 12.2 Å². The third kappa shape index (κ3) is 4.77. The number of rotatable bonds is 7. The third-order valence-corrected chi connectivity index (χ3v) is 8.45. The molecule has 6 rings (SSSR count). The van der Waals surface area contributed by atoms with Gasteiger partial charge >= 0.3 is 0 Å². The first kappa shape index (κ1) is 24.8. The first-order valence-electron chi connectivity index (χ1n) is 12.5. The van der Waals surface area contributed by atoms with E-state index in [1.54, 1.807) is 24.3 Å². The molecule has 1 heterocycles. The summed E-state index contributed by atoms with van der Waals surface area (Å²) in [6.45, 7) is 2.31. The number of nitrogens with zero attached hydrogens (tertiary/aromatic N) is 1. The number of aromatic nitrogens is 1. The fourth-order valence-corrected chi connectivity index (χ4v) is 6.14. The fourth-order valence-electron chi connectivity index (χ4n) is 5.22. The third-order valence-electron chi connectivity index (χ3n) is 7.51. The van der Waals surface area contributed by atoms with Gasteiger partial charge in [0.1, 0.15) is 23.8 Å². The van der Waals surface area contributed by atoms with Crippen molar-refractivity contribution in [1.29, 1.82) is 0 Å². The molecule has 0 radical (unpaired) electrons. The molecule has 0 unspecified atom stereocenters. The van der Waals surface area contributed by atoms with Gasteiger partial charge in [0.2, 0.25) is 0 Å². The zero-order chi connectivity index (χ0) is 25.7. The van der Waals surface area contributed by atoms with Gasteiger partial charge in [-0.15, -0.1) is 0 Å². The molecule has 2 aliphatic carbocycles. The molecule has 7 heteroatoms. The molecule has 4 aromatic rings. The van der Waals surface area contributed by atoms with Gasteiger partial charge in [-0.25, -0.2) is 0 Å². The molecule has 37 heavy (non-hydrogen) atoms. The normalized spacial score (nSPS) is 21.1. The summed E-state index contributed by atoms with van der Waals surface area (Å²) in [6, 6.07) is 19.4. The van der Waals surface area contributed by atoms with E-state index in [-0.39, 0.29) is 6.61 Å². The molecule has 2 aliphatic rings. The van der Waals surface area contributed by atoms with Crippen molar-refractivity contribution in [2.24, 2.45) is 0 Å². The zero-order valence-corrected chi connectivity index (χ0v) is 22.6. The molecule has 1 N–H and O–H groups in total. The van der Waals surface area contributed by atoms with Crippen LogP contribution in [0.4, 0.5) is 0 Å². The molecule has 0 amide bonds. The highest BCUT2D eigenvalue weighted by molar-refractivity contribution is 6.39. The second-order valence-corrected chi connectivity index (χ2v) is 11.4. The van der Waals surface area contributed by atoms with Gasteiger partial charge < -0.3 is 14.4 Å². The van der Waals surface area contributed by atoms with Crippen LogP contribution < -0.4 is 4.74 Å². The molecular weight excluding hydrogens is 529 g/mol. The van der Waals surface area contributed by atoms with Crippen LogP contribution in [0.25, 0.3) is 11.3 Å². The van der Waals surface area contributed by atoms with Gasteiger partial charge in [0.25, 0.3) is 0 Å². The van der Waals surface area contributed by atoms with E-state index in [1.165, 1.54) is 11.1 Å². The Bertz CT molecular complexity index is 1430. The Kier molecular flexibility index (Phi) is 6.48. The number of ether oxygens (including phenoxy) is 1. The van der Waals surface area contributed by atoms with Crippen LogP contribution in [0.5, 0.6) is 5.75 Å². The predicted octanol–water partition coefficient (Wildman–Crippen LogP) is 8.83. The van der Waals surface area contributed by atoms with Crippen LogP contribution >= 0.6 is 34.8 Å². The molecule has 0 saturated heterocycles. The maximum Gasteiger partial charge on any atom is 0.147 e. The number of halogens is 3. The highest BCUT2D eigenvalue weighted by Crippen LogP contribution is 2.53. The van der Waals surface area contributed by atoms with Crippen LogP contribution in [0.2, 0.25) is 15.1 Å². The minimum atomic E-state index is -0.938. The second-order valence-electron chi connectivity index (χ2n) is 10.2. The summed E-state index contributed by atoms with van der Waals surface area (Å²) in [5, 5.41) is 17.1. The maximum atomic E-state index is 11.3. The van der Waals surface area contributed by atoms with Crippen molar-refractivity contribution in [3.63, 3.8) is 0 Å². The van der Waals surface area contributed by atoms with Crippen molar-refractivity contribution >= 4 is 34.8 Å². The number of benzene rings is 3. The van der Waals surface area contributed by atoms with Crippen LogP contribution in [-0.4, -0.2) is 10.3 Å². The molecule has 1 aromatic heterocycles. The largest absolute Gasteiger partial charge is 0.489 e. The molecule has 3 aromatic carbocycles. The number of aryl methyl sites for hydroxylation is 1. The van der Waals surface area contributed by atoms with Crippen LogP contribution in [0.3, 0.4) is 0 Å². The van der Waals surface area contributed by atoms with E-state index >= 15 is 0 Å². The summed E-state index contributed by atoms with van der Waals surface area (Å²) >= 11 is 19.6. The average molecular weight is 555 g/mol. The Morgan fingerprint density at radius 1 is 0.946 bits per heavy atom. The minimum absolute atomic E-state index is 0.238. The van der Waals surface area contributed by atoms with E-state index in [0.29, 0.717) is 56.8 Å². The molecule has 0 spiro atoms. The fraction of sp³-hybridized carbons (Fsp3) is 0.300. The summed E-state index contributed by atoms with van der Waals surface area (Å²) in [7, 11) is 0. The summed E-state index contributed by atoms with van der Waals surface area (Å²) in [4.78, 5) is 0. The van der Waals surface area contributed by atoms with Gasteiger partial charge in [-0.1, -0.05) is 81.9 Å². The highest BCUT2D eigenvalue weighted by atomic mass is 35.5. The molecule has 2 fully saturated rings. The van der Waals surface area contributed by atoms with Crippen LogP contribution in [0.1, 0.15) is 65.5 Å². The molecule has 2 saturated carbocycles. The Morgan fingerprint density at radius 2 is 1.65 bits per heavy atom. The summed E-state index contributed by atoms with van der Waals surface area (Å²) in [5.41, 5.74) is 4.37.